The Morgan fingerprint density at radius 1 is 1.14 bits per heavy atom. The molecule has 0 bridgehead atoms. The highest BCUT2D eigenvalue weighted by molar-refractivity contribution is 6.33. The number of aromatic nitrogens is 1. The van der Waals surface area contributed by atoms with Crippen LogP contribution in [0.3, 0.4) is 0 Å². The fourth-order valence-electron chi connectivity index (χ4n) is 1.56. The van der Waals surface area contributed by atoms with Crippen molar-refractivity contribution in [1.29, 1.82) is 0 Å². The smallest absolute Gasteiger partial charge is 0.257 e. The Bertz CT molecular complexity index is 709. The summed E-state index contributed by atoms with van der Waals surface area (Å²) in [5, 5.41) is 5.02. The van der Waals surface area contributed by atoms with Crippen LogP contribution in [-0.4, -0.2) is 17.9 Å². The number of halogens is 4. The van der Waals surface area contributed by atoms with Gasteiger partial charge in [-0.25, -0.2) is 18.2 Å². The van der Waals surface area contributed by atoms with Gasteiger partial charge < -0.3 is 10.6 Å². The Morgan fingerprint density at radius 3 is 2.43 bits per heavy atom. The van der Waals surface area contributed by atoms with Gasteiger partial charge in [-0.3, -0.25) is 4.79 Å². The molecule has 1 aromatic carbocycles. The molecule has 8 heteroatoms. The zero-order chi connectivity index (χ0) is 15.6. The van der Waals surface area contributed by atoms with Crippen LogP contribution in [0.5, 0.6) is 0 Å². The molecule has 0 saturated carbocycles. The number of rotatable bonds is 3. The van der Waals surface area contributed by atoms with Crippen LogP contribution < -0.4 is 10.6 Å². The molecule has 1 amide bonds. The van der Waals surface area contributed by atoms with Gasteiger partial charge in [0.1, 0.15) is 11.6 Å². The largest absolute Gasteiger partial charge is 0.372 e. The van der Waals surface area contributed by atoms with Crippen molar-refractivity contribution >= 4 is 29.0 Å². The van der Waals surface area contributed by atoms with Crippen molar-refractivity contribution in [2.24, 2.45) is 0 Å². The summed E-state index contributed by atoms with van der Waals surface area (Å²) in [6.07, 6.45) is 1.21. The molecule has 0 spiro atoms. The van der Waals surface area contributed by atoms with Crippen LogP contribution >= 0.6 is 11.6 Å². The monoisotopic (exact) mass is 315 g/mol. The molecule has 1 aromatic heterocycles. The van der Waals surface area contributed by atoms with Gasteiger partial charge in [0.05, 0.1) is 16.3 Å². The summed E-state index contributed by atoms with van der Waals surface area (Å²) in [6.45, 7) is 0. The van der Waals surface area contributed by atoms with Gasteiger partial charge in [0.2, 0.25) is 0 Å². The van der Waals surface area contributed by atoms with E-state index in [1.165, 1.54) is 12.3 Å². The molecule has 2 rings (SSSR count). The number of benzene rings is 1. The maximum atomic E-state index is 13.4. The van der Waals surface area contributed by atoms with Crippen LogP contribution in [-0.2, 0) is 0 Å². The molecule has 2 aromatic rings. The number of nitrogens with zero attached hydrogens (tertiary/aromatic N) is 1. The first-order valence-electron chi connectivity index (χ1n) is 5.71. The minimum Gasteiger partial charge on any atom is -0.372 e. The maximum absolute atomic E-state index is 13.4. The summed E-state index contributed by atoms with van der Waals surface area (Å²) in [7, 11) is 1.60. The van der Waals surface area contributed by atoms with Gasteiger partial charge >= 0.3 is 0 Å². The highest BCUT2D eigenvalue weighted by atomic mass is 35.5. The molecule has 21 heavy (non-hydrogen) atoms. The molecule has 4 nitrogen and oxygen atoms in total. The number of carbonyl (C=O) groups excluding carboxylic acids is 1. The Balaban J connectivity index is 2.26. The van der Waals surface area contributed by atoms with Gasteiger partial charge in [-0.1, -0.05) is 11.6 Å². The lowest BCUT2D eigenvalue weighted by Gasteiger charge is -2.08. The third kappa shape index (κ3) is 3.25. The first-order valence-corrected chi connectivity index (χ1v) is 6.09. The molecule has 0 atom stereocenters. The van der Waals surface area contributed by atoms with Gasteiger partial charge in [-0.05, 0) is 6.07 Å². The average molecular weight is 316 g/mol. The summed E-state index contributed by atoms with van der Waals surface area (Å²) in [6, 6.07) is 2.22. The van der Waals surface area contributed by atoms with E-state index in [2.05, 4.69) is 15.6 Å². The van der Waals surface area contributed by atoms with Gasteiger partial charge in [-0.15, -0.1) is 0 Å². The summed E-state index contributed by atoms with van der Waals surface area (Å²) < 4.78 is 39.3. The standard InChI is InChI=1S/C13H9ClF3N3O/c1-18-12-7(14)2-6(5-19-12)13(21)20-11-4-9(16)8(15)3-10(11)17/h2-5H,1H3,(H,18,19)(H,20,21). The molecule has 110 valence electrons. The molecular formula is C13H9ClF3N3O. The summed E-state index contributed by atoms with van der Waals surface area (Å²) in [4.78, 5) is 15.8. The molecule has 0 saturated heterocycles. The normalized spacial score (nSPS) is 10.3. The van der Waals surface area contributed by atoms with Gasteiger partial charge in [0.25, 0.3) is 5.91 Å². The second-order valence-corrected chi connectivity index (χ2v) is 4.41. The quantitative estimate of drug-likeness (QED) is 0.853. The van der Waals surface area contributed by atoms with E-state index in [-0.39, 0.29) is 10.6 Å². The second kappa shape index (κ2) is 6.01. The van der Waals surface area contributed by atoms with Crippen molar-refractivity contribution in [3.8, 4) is 0 Å². The van der Waals surface area contributed by atoms with E-state index in [0.29, 0.717) is 18.0 Å². The molecule has 0 unspecified atom stereocenters. The predicted molar refractivity (Wildman–Crippen MR) is 73.1 cm³/mol. The highest BCUT2D eigenvalue weighted by Gasteiger charge is 2.14. The zero-order valence-electron chi connectivity index (χ0n) is 10.7. The van der Waals surface area contributed by atoms with E-state index in [9.17, 15) is 18.0 Å². The van der Waals surface area contributed by atoms with Crippen molar-refractivity contribution in [2.45, 2.75) is 0 Å². The first kappa shape index (κ1) is 15.1. The van der Waals surface area contributed by atoms with Gasteiger partial charge in [0.15, 0.2) is 11.6 Å². The SMILES string of the molecule is CNc1ncc(C(=O)Nc2cc(F)c(F)cc2F)cc1Cl. The Morgan fingerprint density at radius 2 is 1.81 bits per heavy atom. The molecule has 0 aliphatic heterocycles. The van der Waals surface area contributed by atoms with Crippen LogP contribution in [0.15, 0.2) is 24.4 Å². The van der Waals surface area contributed by atoms with E-state index in [1.807, 2.05) is 0 Å². The van der Waals surface area contributed by atoms with Gasteiger partial charge in [-0.2, -0.15) is 0 Å². The fraction of sp³-hybridized carbons (Fsp3) is 0.0769. The van der Waals surface area contributed by atoms with E-state index in [0.717, 1.165) is 0 Å². The van der Waals surface area contributed by atoms with E-state index < -0.39 is 29.0 Å². The van der Waals surface area contributed by atoms with Crippen molar-refractivity contribution in [3.05, 3.63) is 52.4 Å². The predicted octanol–water partition coefficient (Wildman–Crippen LogP) is 3.45. The summed E-state index contributed by atoms with van der Waals surface area (Å²) in [5.41, 5.74) is -0.434. The lowest BCUT2D eigenvalue weighted by atomic mass is 10.2. The van der Waals surface area contributed by atoms with Crippen molar-refractivity contribution in [3.63, 3.8) is 0 Å². The first-order chi connectivity index (χ1) is 9.92. The fourth-order valence-corrected chi connectivity index (χ4v) is 1.82. The van der Waals surface area contributed by atoms with E-state index in [4.69, 9.17) is 11.6 Å². The summed E-state index contributed by atoms with van der Waals surface area (Å²) in [5.74, 6) is -4.08. The zero-order valence-corrected chi connectivity index (χ0v) is 11.4. The lowest BCUT2D eigenvalue weighted by molar-refractivity contribution is 0.102. The van der Waals surface area contributed by atoms with Crippen molar-refractivity contribution in [2.75, 3.05) is 17.7 Å². The molecule has 2 N–H and O–H groups in total. The van der Waals surface area contributed by atoms with Crippen LogP contribution in [0.4, 0.5) is 24.7 Å². The molecular weight excluding hydrogens is 307 g/mol. The number of hydrogen-bond donors (Lipinski definition) is 2. The van der Waals surface area contributed by atoms with E-state index >= 15 is 0 Å². The third-order valence-electron chi connectivity index (χ3n) is 2.60. The number of nitrogens with one attached hydrogen (secondary N) is 2. The molecule has 0 aliphatic rings. The van der Waals surface area contributed by atoms with Crippen LogP contribution in [0, 0.1) is 17.5 Å². The van der Waals surface area contributed by atoms with Crippen LogP contribution in [0.25, 0.3) is 0 Å². The summed E-state index contributed by atoms with van der Waals surface area (Å²) >= 11 is 5.87. The van der Waals surface area contributed by atoms with Crippen LogP contribution in [0.1, 0.15) is 10.4 Å². The maximum Gasteiger partial charge on any atom is 0.257 e. The minimum absolute atomic E-state index is 0.0446. The Labute approximate surface area is 122 Å². The number of hydrogen-bond acceptors (Lipinski definition) is 3. The number of anilines is 2. The van der Waals surface area contributed by atoms with Crippen LogP contribution in [0.2, 0.25) is 5.02 Å². The van der Waals surface area contributed by atoms with E-state index in [1.54, 1.807) is 7.05 Å². The highest BCUT2D eigenvalue weighted by Crippen LogP contribution is 2.22. The Hall–Kier alpha value is -2.28. The third-order valence-corrected chi connectivity index (χ3v) is 2.89. The molecule has 0 fully saturated rings. The lowest BCUT2D eigenvalue weighted by Crippen LogP contribution is -2.14. The topological polar surface area (TPSA) is 54.0 Å². The van der Waals surface area contributed by atoms with Crippen molar-refractivity contribution in [1.82, 2.24) is 4.98 Å². The Kier molecular flexibility index (Phi) is 4.32. The average Bonchev–Trinajstić information content (AvgIpc) is 2.44. The molecule has 0 aliphatic carbocycles. The molecule has 0 radical (unpaired) electrons. The second-order valence-electron chi connectivity index (χ2n) is 4.00. The number of pyridine rings is 1. The number of carbonyl (C=O) groups is 1. The van der Waals surface area contributed by atoms with Gasteiger partial charge in [0, 0.05) is 25.4 Å². The van der Waals surface area contributed by atoms with Crippen molar-refractivity contribution < 1.29 is 18.0 Å². The minimum atomic E-state index is -1.34. The number of amides is 1. The molecule has 1 heterocycles.